The highest BCUT2D eigenvalue weighted by Gasteiger charge is 2.01. The van der Waals surface area contributed by atoms with Gasteiger partial charge in [0.1, 0.15) is 10.4 Å². The number of nitrogens with zero attached hydrogens (tertiary/aromatic N) is 1. The maximum atomic E-state index is 8.31. The molecule has 0 aromatic rings. The summed E-state index contributed by atoms with van der Waals surface area (Å²) in [4.78, 5) is 0. The molecule has 0 aromatic carbocycles. The van der Waals surface area contributed by atoms with Crippen LogP contribution in [0.2, 0.25) is 0 Å². The van der Waals surface area contributed by atoms with Crippen molar-refractivity contribution < 1.29 is 0 Å². The van der Waals surface area contributed by atoms with Crippen LogP contribution < -0.4 is 5.73 Å². The van der Waals surface area contributed by atoms with E-state index >= 15 is 0 Å². The summed E-state index contributed by atoms with van der Waals surface area (Å²) in [6, 6.07) is 1.78. The third-order valence-corrected chi connectivity index (χ3v) is 1.10. The lowest BCUT2D eigenvalue weighted by Crippen LogP contribution is -2.00. The van der Waals surface area contributed by atoms with Crippen molar-refractivity contribution in [2.75, 3.05) is 0 Å². The largest absolute Gasteiger partial charge is 0.401 e. The predicted octanol–water partition coefficient (Wildman–Crippen LogP) is 1.31. The minimum Gasteiger partial charge on any atom is -0.401 e. The van der Waals surface area contributed by atoms with Crippen molar-refractivity contribution in [3.05, 3.63) is 11.3 Å². The van der Waals surface area contributed by atoms with Crippen LogP contribution in [0.15, 0.2) is 11.3 Å². The number of nitrogens with two attached hydrogens (primary N) is 1. The highest BCUT2D eigenvalue weighted by molar-refractivity contribution is 7.83. The standard InChI is InChI=1S/C5H5ClN2S/c1-3(8)4(2-7)5(6)9/h8H2,1H3. The molecule has 48 valence electrons. The molecule has 9 heavy (non-hydrogen) atoms. The van der Waals surface area contributed by atoms with Crippen LogP contribution in [0.3, 0.4) is 0 Å². The topological polar surface area (TPSA) is 49.8 Å². The number of allylic oxidation sites excluding steroid dienone is 2. The van der Waals surface area contributed by atoms with E-state index in [-0.39, 0.29) is 9.90 Å². The lowest BCUT2D eigenvalue weighted by molar-refractivity contribution is 1.29. The molecule has 2 nitrogen and oxygen atoms in total. The lowest BCUT2D eigenvalue weighted by Gasteiger charge is -1.92. The highest BCUT2D eigenvalue weighted by atomic mass is 35.5. The Labute approximate surface area is 63.9 Å². The Balaban J connectivity index is 4.62. The number of hydrogen-bond donors (Lipinski definition) is 1. The molecule has 0 amide bonds. The van der Waals surface area contributed by atoms with Gasteiger partial charge in [-0.15, -0.1) is 0 Å². The molecule has 0 heterocycles. The molecular formula is C5H5ClN2S. The van der Waals surface area contributed by atoms with Crippen molar-refractivity contribution in [1.82, 2.24) is 0 Å². The summed E-state index contributed by atoms with van der Waals surface area (Å²) in [5.41, 5.74) is 5.78. The van der Waals surface area contributed by atoms with Gasteiger partial charge in [-0.1, -0.05) is 23.8 Å². The van der Waals surface area contributed by atoms with Crippen molar-refractivity contribution in [3.8, 4) is 6.07 Å². The van der Waals surface area contributed by atoms with E-state index in [1.807, 2.05) is 0 Å². The third kappa shape index (κ3) is 2.45. The second kappa shape index (κ2) is 3.44. The zero-order chi connectivity index (χ0) is 7.44. The summed E-state index contributed by atoms with van der Waals surface area (Å²) in [5, 5.41) is 8.31. The molecule has 0 aliphatic carbocycles. The quantitative estimate of drug-likeness (QED) is 0.272. The Hall–Kier alpha value is -0.590. The number of halogens is 1. The maximum Gasteiger partial charge on any atom is 0.123 e. The number of nitriles is 1. The van der Waals surface area contributed by atoms with E-state index in [0.717, 1.165) is 0 Å². The van der Waals surface area contributed by atoms with Crippen LogP contribution in [-0.2, 0) is 0 Å². The molecule has 0 unspecified atom stereocenters. The van der Waals surface area contributed by atoms with Gasteiger partial charge in [-0.25, -0.2) is 0 Å². The first-order chi connectivity index (χ1) is 4.09. The fourth-order valence-electron chi connectivity index (χ4n) is 0.287. The van der Waals surface area contributed by atoms with Gasteiger partial charge in [0.05, 0.1) is 5.57 Å². The predicted molar refractivity (Wildman–Crippen MR) is 41.0 cm³/mol. The minimum absolute atomic E-state index is 0.0255. The summed E-state index contributed by atoms with van der Waals surface area (Å²) in [7, 11) is 0. The monoisotopic (exact) mass is 160 g/mol. The SMILES string of the molecule is CC(N)=C(C#N)C(=S)Cl. The number of rotatable bonds is 1. The molecule has 0 aliphatic rings. The van der Waals surface area contributed by atoms with Crippen molar-refractivity contribution in [3.63, 3.8) is 0 Å². The molecule has 0 aromatic heterocycles. The first kappa shape index (κ1) is 8.41. The van der Waals surface area contributed by atoms with Gasteiger partial charge >= 0.3 is 0 Å². The van der Waals surface area contributed by atoms with Gasteiger partial charge in [-0.2, -0.15) is 5.26 Å². The third-order valence-electron chi connectivity index (χ3n) is 0.703. The van der Waals surface area contributed by atoms with Crippen molar-refractivity contribution >= 4 is 28.1 Å². The Morgan fingerprint density at radius 3 is 2.22 bits per heavy atom. The van der Waals surface area contributed by atoms with Crippen LogP contribution >= 0.6 is 23.8 Å². The van der Waals surface area contributed by atoms with E-state index in [1.54, 1.807) is 13.0 Å². The van der Waals surface area contributed by atoms with Crippen LogP contribution in [0, 0.1) is 11.3 Å². The Morgan fingerprint density at radius 2 is 2.22 bits per heavy atom. The second-order valence-corrected chi connectivity index (χ2v) is 2.45. The van der Waals surface area contributed by atoms with Gasteiger partial charge in [0.25, 0.3) is 0 Å². The molecule has 0 radical (unpaired) electrons. The van der Waals surface area contributed by atoms with Gasteiger partial charge in [-0.05, 0) is 6.92 Å². The van der Waals surface area contributed by atoms with Crippen LogP contribution in [0.1, 0.15) is 6.92 Å². The fourth-order valence-corrected chi connectivity index (χ4v) is 0.685. The second-order valence-electron chi connectivity index (χ2n) is 1.44. The van der Waals surface area contributed by atoms with Crippen molar-refractivity contribution in [1.29, 1.82) is 5.26 Å². The zero-order valence-corrected chi connectivity index (χ0v) is 6.38. The molecule has 0 aliphatic heterocycles. The summed E-state index contributed by atoms with van der Waals surface area (Å²) < 4.78 is 0.0255. The molecule has 0 fully saturated rings. The van der Waals surface area contributed by atoms with E-state index < -0.39 is 0 Å². The minimum atomic E-state index is 0.0255. The van der Waals surface area contributed by atoms with E-state index in [4.69, 9.17) is 22.6 Å². The van der Waals surface area contributed by atoms with Crippen LogP contribution in [0.25, 0.3) is 0 Å². The normalized spacial score (nSPS) is 11.7. The lowest BCUT2D eigenvalue weighted by atomic mass is 10.3. The average Bonchev–Trinajstić information content (AvgIpc) is 1.64. The van der Waals surface area contributed by atoms with E-state index in [1.165, 1.54) is 0 Å². The molecule has 2 N–H and O–H groups in total. The molecule has 0 bridgehead atoms. The summed E-state index contributed by atoms with van der Waals surface area (Å²) in [5.74, 6) is 0. The summed E-state index contributed by atoms with van der Waals surface area (Å²) in [6.45, 7) is 1.58. The zero-order valence-electron chi connectivity index (χ0n) is 4.81. The first-order valence-corrected chi connectivity index (χ1v) is 2.94. The van der Waals surface area contributed by atoms with Crippen LogP contribution in [-0.4, -0.2) is 4.32 Å². The van der Waals surface area contributed by atoms with Gasteiger partial charge in [0.2, 0.25) is 0 Å². The van der Waals surface area contributed by atoms with Gasteiger partial charge < -0.3 is 5.73 Å². The molecule has 0 atom stereocenters. The number of thiocarbonyl (C=S) groups is 1. The Morgan fingerprint density at radius 1 is 1.78 bits per heavy atom. The maximum absolute atomic E-state index is 8.31. The molecule has 0 saturated heterocycles. The summed E-state index contributed by atoms with van der Waals surface area (Å²) >= 11 is 9.81. The van der Waals surface area contributed by atoms with E-state index in [9.17, 15) is 0 Å². The Kier molecular flexibility index (Phi) is 3.21. The average molecular weight is 161 g/mol. The van der Waals surface area contributed by atoms with E-state index in [2.05, 4.69) is 12.2 Å². The van der Waals surface area contributed by atoms with Crippen molar-refractivity contribution in [2.45, 2.75) is 6.92 Å². The molecule has 4 heteroatoms. The summed E-state index contributed by atoms with van der Waals surface area (Å²) in [6.07, 6.45) is 0. The van der Waals surface area contributed by atoms with E-state index in [0.29, 0.717) is 5.70 Å². The van der Waals surface area contributed by atoms with Crippen LogP contribution in [0.5, 0.6) is 0 Å². The van der Waals surface area contributed by atoms with Crippen LogP contribution in [0.4, 0.5) is 0 Å². The van der Waals surface area contributed by atoms with Gasteiger partial charge in [0, 0.05) is 5.70 Å². The van der Waals surface area contributed by atoms with Gasteiger partial charge in [-0.3, -0.25) is 0 Å². The Bertz CT molecular complexity index is 197. The fraction of sp³-hybridized carbons (Fsp3) is 0.200. The molecule has 0 saturated carbocycles. The molecular weight excluding hydrogens is 156 g/mol. The molecule has 0 spiro atoms. The molecule has 0 rings (SSSR count). The first-order valence-electron chi connectivity index (χ1n) is 2.16. The van der Waals surface area contributed by atoms with Gasteiger partial charge in [0.15, 0.2) is 0 Å². The smallest absolute Gasteiger partial charge is 0.123 e. The number of hydrogen-bond acceptors (Lipinski definition) is 3. The van der Waals surface area contributed by atoms with Crippen molar-refractivity contribution in [2.24, 2.45) is 5.73 Å². The highest BCUT2D eigenvalue weighted by Crippen LogP contribution is 2.03.